The molecule has 0 saturated heterocycles. The van der Waals surface area contributed by atoms with E-state index in [1.807, 2.05) is 0 Å². The van der Waals surface area contributed by atoms with Crippen LogP contribution in [0.25, 0.3) is 0 Å². The molecule has 1 aromatic carbocycles. The van der Waals surface area contributed by atoms with Crippen molar-refractivity contribution < 1.29 is 9.53 Å². The Morgan fingerprint density at radius 2 is 2.14 bits per heavy atom. The molecule has 0 saturated carbocycles. The van der Waals surface area contributed by atoms with Crippen LogP contribution in [0.5, 0.6) is 5.75 Å². The van der Waals surface area contributed by atoms with Gasteiger partial charge in [0.1, 0.15) is 5.75 Å². The van der Waals surface area contributed by atoms with Crippen LogP contribution in [0.1, 0.15) is 24.2 Å². The van der Waals surface area contributed by atoms with Crippen LogP contribution in [0.4, 0.5) is 5.69 Å². The highest BCUT2D eigenvalue weighted by Crippen LogP contribution is 2.28. The van der Waals surface area contributed by atoms with Crippen molar-refractivity contribution in [2.45, 2.75) is 19.6 Å². The van der Waals surface area contributed by atoms with Crippen LogP contribution in [0.3, 0.4) is 0 Å². The molecule has 0 bridgehead atoms. The maximum atomic E-state index is 11.6. The summed E-state index contributed by atoms with van der Waals surface area (Å²) in [6.07, 6.45) is 0. The second-order valence-corrected chi connectivity index (χ2v) is 3.82. The monoisotopic (exact) mass is 192 g/mol. The number of carbonyl (C=O) groups excluding carboxylic acids is 1. The van der Waals surface area contributed by atoms with Crippen molar-refractivity contribution in [2.24, 2.45) is 0 Å². The molecular weight excluding hydrogens is 180 g/mol. The van der Waals surface area contributed by atoms with Crippen molar-refractivity contribution in [1.29, 1.82) is 0 Å². The zero-order valence-electron chi connectivity index (χ0n) is 8.13. The lowest BCUT2D eigenvalue weighted by Crippen LogP contribution is -2.51. The van der Waals surface area contributed by atoms with Crippen LogP contribution >= 0.6 is 0 Å². The Morgan fingerprint density at radius 3 is 2.86 bits per heavy atom. The average molecular weight is 192 g/mol. The van der Waals surface area contributed by atoms with E-state index in [-0.39, 0.29) is 5.91 Å². The zero-order chi connectivity index (χ0) is 10.3. The second kappa shape index (κ2) is 2.64. The summed E-state index contributed by atoms with van der Waals surface area (Å²) in [7, 11) is 0. The summed E-state index contributed by atoms with van der Waals surface area (Å²) in [4.78, 5) is 11.6. The van der Waals surface area contributed by atoms with Crippen molar-refractivity contribution >= 4 is 11.6 Å². The van der Waals surface area contributed by atoms with Gasteiger partial charge in [0, 0.05) is 5.69 Å². The smallest absolute Gasteiger partial charge is 0.258 e. The molecule has 2 rings (SSSR count). The minimum Gasteiger partial charge on any atom is -0.468 e. The fraction of sp³-hybridized carbons (Fsp3) is 0.300. The van der Waals surface area contributed by atoms with Crippen LogP contribution in [0.15, 0.2) is 18.2 Å². The van der Waals surface area contributed by atoms with Crippen molar-refractivity contribution in [2.75, 3.05) is 5.73 Å². The number of benzene rings is 1. The highest BCUT2D eigenvalue weighted by molar-refractivity contribution is 5.99. The molecule has 0 aliphatic carbocycles. The Bertz CT molecular complexity index is 399. The first-order chi connectivity index (χ1) is 6.48. The number of nitrogen functional groups attached to an aromatic ring is 1. The molecule has 0 atom stereocenters. The highest BCUT2D eigenvalue weighted by Gasteiger charge is 2.31. The number of carbonyl (C=O) groups is 1. The Labute approximate surface area is 82.1 Å². The largest absolute Gasteiger partial charge is 0.468 e. The number of fused-ring (bicyclic) bond motifs is 1. The molecule has 1 aromatic rings. The van der Waals surface area contributed by atoms with Gasteiger partial charge >= 0.3 is 0 Å². The maximum absolute atomic E-state index is 11.6. The predicted molar refractivity (Wildman–Crippen MR) is 53.0 cm³/mol. The van der Waals surface area contributed by atoms with Gasteiger partial charge in [0.05, 0.1) is 5.56 Å². The number of nitrogens with two attached hydrogens (primary N) is 1. The van der Waals surface area contributed by atoms with Crippen LogP contribution < -0.4 is 15.8 Å². The van der Waals surface area contributed by atoms with Gasteiger partial charge in [0.25, 0.3) is 5.91 Å². The van der Waals surface area contributed by atoms with Gasteiger partial charge in [0.15, 0.2) is 5.72 Å². The topological polar surface area (TPSA) is 64.4 Å². The molecule has 4 heteroatoms. The number of ether oxygens (including phenoxy) is 1. The van der Waals surface area contributed by atoms with E-state index in [0.29, 0.717) is 17.0 Å². The van der Waals surface area contributed by atoms with Crippen LogP contribution in [-0.2, 0) is 0 Å². The molecule has 74 valence electrons. The lowest BCUT2D eigenvalue weighted by Gasteiger charge is -2.33. The lowest BCUT2D eigenvalue weighted by molar-refractivity contribution is 0.0433. The Morgan fingerprint density at radius 1 is 1.43 bits per heavy atom. The first kappa shape index (κ1) is 8.87. The summed E-state index contributed by atoms with van der Waals surface area (Å²) < 4.78 is 5.56. The van der Waals surface area contributed by atoms with E-state index in [9.17, 15) is 4.79 Å². The summed E-state index contributed by atoms with van der Waals surface area (Å²) in [5, 5.41) is 2.72. The molecule has 1 aliphatic heterocycles. The highest BCUT2D eigenvalue weighted by atomic mass is 16.5. The molecule has 3 N–H and O–H groups in total. The molecule has 1 aliphatic rings. The number of hydrogen-bond donors (Lipinski definition) is 2. The van der Waals surface area contributed by atoms with Gasteiger partial charge in [-0.1, -0.05) is 0 Å². The third-order valence-electron chi connectivity index (χ3n) is 2.03. The molecule has 1 amide bonds. The van der Waals surface area contributed by atoms with Gasteiger partial charge < -0.3 is 15.8 Å². The predicted octanol–water partition coefficient (Wildman–Crippen LogP) is 1.13. The third kappa shape index (κ3) is 1.39. The van der Waals surface area contributed by atoms with Crippen LogP contribution in [0, 0.1) is 0 Å². The number of hydrogen-bond acceptors (Lipinski definition) is 3. The number of nitrogens with one attached hydrogen (secondary N) is 1. The summed E-state index contributed by atoms with van der Waals surface area (Å²) in [6.45, 7) is 3.59. The second-order valence-electron chi connectivity index (χ2n) is 3.82. The maximum Gasteiger partial charge on any atom is 0.258 e. The van der Waals surface area contributed by atoms with E-state index in [1.54, 1.807) is 32.0 Å². The third-order valence-corrected chi connectivity index (χ3v) is 2.03. The minimum absolute atomic E-state index is 0.149. The molecular formula is C10H12N2O2. The van der Waals surface area contributed by atoms with Gasteiger partial charge in [0.2, 0.25) is 0 Å². The Hall–Kier alpha value is -1.71. The van der Waals surface area contributed by atoms with E-state index in [2.05, 4.69) is 5.32 Å². The standard InChI is InChI=1S/C10H12N2O2/c1-10(2)12-9(13)7-5-6(11)3-4-8(7)14-10/h3-5H,11H2,1-2H3,(H,12,13). The molecule has 4 nitrogen and oxygen atoms in total. The van der Waals surface area contributed by atoms with Crippen molar-refractivity contribution in [3.8, 4) is 5.75 Å². The van der Waals surface area contributed by atoms with E-state index in [1.165, 1.54) is 0 Å². The summed E-state index contributed by atoms with van der Waals surface area (Å²) in [5.41, 5.74) is 5.97. The van der Waals surface area contributed by atoms with Gasteiger partial charge in [-0.15, -0.1) is 0 Å². The summed E-state index contributed by atoms with van der Waals surface area (Å²) >= 11 is 0. The van der Waals surface area contributed by atoms with Gasteiger partial charge in [-0.05, 0) is 32.0 Å². The number of rotatable bonds is 0. The zero-order valence-corrected chi connectivity index (χ0v) is 8.13. The fourth-order valence-electron chi connectivity index (χ4n) is 1.46. The lowest BCUT2D eigenvalue weighted by atomic mass is 10.1. The molecule has 0 radical (unpaired) electrons. The minimum atomic E-state index is -0.653. The first-order valence-electron chi connectivity index (χ1n) is 4.39. The summed E-state index contributed by atoms with van der Waals surface area (Å²) in [6, 6.07) is 5.04. The average Bonchev–Trinajstić information content (AvgIpc) is 2.05. The first-order valence-corrected chi connectivity index (χ1v) is 4.39. The quantitative estimate of drug-likeness (QED) is 0.605. The molecule has 0 unspecified atom stereocenters. The normalized spacial score (nSPS) is 18.0. The molecule has 0 aromatic heterocycles. The van der Waals surface area contributed by atoms with E-state index < -0.39 is 5.72 Å². The fourth-order valence-corrected chi connectivity index (χ4v) is 1.46. The van der Waals surface area contributed by atoms with Gasteiger partial charge in [-0.25, -0.2) is 0 Å². The molecule has 0 fully saturated rings. The van der Waals surface area contributed by atoms with Crippen molar-refractivity contribution in [3.63, 3.8) is 0 Å². The Balaban J connectivity index is 2.50. The molecule has 0 spiro atoms. The Kier molecular flexibility index (Phi) is 1.67. The molecule has 1 heterocycles. The SMILES string of the molecule is CC1(C)NC(=O)c2cc(N)ccc2O1. The van der Waals surface area contributed by atoms with E-state index >= 15 is 0 Å². The van der Waals surface area contributed by atoms with Crippen molar-refractivity contribution in [1.82, 2.24) is 5.32 Å². The van der Waals surface area contributed by atoms with Gasteiger partial charge in [-0.2, -0.15) is 0 Å². The van der Waals surface area contributed by atoms with Crippen molar-refractivity contribution in [3.05, 3.63) is 23.8 Å². The number of anilines is 1. The van der Waals surface area contributed by atoms with E-state index in [0.717, 1.165) is 0 Å². The number of amides is 1. The van der Waals surface area contributed by atoms with Crippen LogP contribution in [0.2, 0.25) is 0 Å². The van der Waals surface area contributed by atoms with Crippen LogP contribution in [-0.4, -0.2) is 11.6 Å². The van der Waals surface area contributed by atoms with E-state index in [4.69, 9.17) is 10.5 Å². The van der Waals surface area contributed by atoms with Gasteiger partial charge in [-0.3, -0.25) is 4.79 Å². The molecule has 14 heavy (non-hydrogen) atoms. The summed E-state index contributed by atoms with van der Waals surface area (Å²) in [5.74, 6) is 0.427.